The Bertz CT molecular complexity index is 1400. The molecule has 1 saturated carbocycles. The molecule has 3 aliphatic rings. The van der Waals surface area contributed by atoms with Gasteiger partial charge in [0.25, 0.3) is 5.91 Å². The topological polar surface area (TPSA) is 104 Å². The third kappa shape index (κ3) is 6.27. The summed E-state index contributed by atoms with van der Waals surface area (Å²) in [6.45, 7) is 1.85. The average molecular weight is 592 g/mol. The SMILES string of the molecule is CN1CCC2(CC1)SCC(C(=O)Nc1nc(-c3ccc(C(=O)NC4CC4)cc3)cs1)N2C(=O)OCc1ccccc1. The number of piperidine rings is 1. The first-order valence-electron chi connectivity index (χ1n) is 13.9. The van der Waals surface area contributed by atoms with Crippen LogP contribution in [-0.2, 0) is 16.1 Å². The summed E-state index contributed by atoms with van der Waals surface area (Å²) >= 11 is 3.01. The number of nitrogens with zero attached hydrogens (tertiary/aromatic N) is 3. The molecule has 3 heterocycles. The number of thioether (sulfide) groups is 1. The summed E-state index contributed by atoms with van der Waals surface area (Å²) in [6.07, 6.45) is 3.17. The van der Waals surface area contributed by atoms with Gasteiger partial charge in [-0.1, -0.05) is 42.5 Å². The van der Waals surface area contributed by atoms with E-state index in [1.165, 1.54) is 11.3 Å². The molecule has 2 saturated heterocycles. The highest BCUT2D eigenvalue weighted by Crippen LogP contribution is 2.47. The van der Waals surface area contributed by atoms with E-state index in [4.69, 9.17) is 4.74 Å². The monoisotopic (exact) mass is 591 g/mol. The first kappa shape index (κ1) is 27.7. The van der Waals surface area contributed by atoms with Gasteiger partial charge in [-0.05, 0) is 50.4 Å². The number of hydrogen-bond donors (Lipinski definition) is 2. The molecule has 214 valence electrons. The Balaban J connectivity index is 1.14. The van der Waals surface area contributed by atoms with Crippen molar-refractivity contribution in [3.63, 3.8) is 0 Å². The van der Waals surface area contributed by atoms with Crippen molar-refractivity contribution in [3.8, 4) is 11.3 Å². The summed E-state index contributed by atoms with van der Waals surface area (Å²) in [5.41, 5.74) is 3.09. The average Bonchev–Trinajstić information content (AvgIpc) is 3.55. The Morgan fingerprint density at radius 2 is 1.78 bits per heavy atom. The molecule has 2 aliphatic heterocycles. The first-order chi connectivity index (χ1) is 19.9. The van der Waals surface area contributed by atoms with Crippen LogP contribution in [0.4, 0.5) is 9.93 Å². The molecule has 1 spiro atoms. The van der Waals surface area contributed by atoms with Crippen LogP contribution in [0.15, 0.2) is 60.0 Å². The molecule has 11 heteroatoms. The minimum atomic E-state index is -0.664. The number of ether oxygens (including phenoxy) is 1. The summed E-state index contributed by atoms with van der Waals surface area (Å²) < 4.78 is 5.75. The normalized spacial score (nSPS) is 20.1. The van der Waals surface area contributed by atoms with Crippen molar-refractivity contribution in [3.05, 3.63) is 71.1 Å². The van der Waals surface area contributed by atoms with Gasteiger partial charge in [-0.25, -0.2) is 9.78 Å². The van der Waals surface area contributed by atoms with E-state index in [1.807, 2.05) is 47.8 Å². The summed E-state index contributed by atoms with van der Waals surface area (Å²) in [4.78, 5) is 47.5. The van der Waals surface area contributed by atoms with E-state index in [1.54, 1.807) is 28.8 Å². The molecule has 6 rings (SSSR count). The largest absolute Gasteiger partial charge is 0.444 e. The third-order valence-corrected chi connectivity index (χ3v) is 10.2. The number of amides is 3. The van der Waals surface area contributed by atoms with Gasteiger partial charge < -0.3 is 20.3 Å². The van der Waals surface area contributed by atoms with Crippen LogP contribution in [0.1, 0.15) is 41.6 Å². The van der Waals surface area contributed by atoms with E-state index in [9.17, 15) is 14.4 Å². The molecular formula is C30H33N5O4S2. The van der Waals surface area contributed by atoms with Crippen LogP contribution in [0.25, 0.3) is 11.3 Å². The predicted octanol–water partition coefficient (Wildman–Crippen LogP) is 4.82. The maximum absolute atomic E-state index is 13.6. The van der Waals surface area contributed by atoms with Crippen LogP contribution in [-0.4, -0.2) is 75.5 Å². The van der Waals surface area contributed by atoms with Gasteiger partial charge in [0.15, 0.2) is 5.13 Å². The van der Waals surface area contributed by atoms with Gasteiger partial charge in [0.05, 0.1) is 10.6 Å². The summed E-state index contributed by atoms with van der Waals surface area (Å²) in [6, 6.07) is 16.5. The Morgan fingerprint density at radius 3 is 2.49 bits per heavy atom. The summed E-state index contributed by atoms with van der Waals surface area (Å²) in [5, 5.41) is 8.29. The van der Waals surface area contributed by atoms with Crippen molar-refractivity contribution >= 4 is 46.1 Å². The van der Waals surface area contributed by atoms with Crippen LogP contribution in [0.3, 0.4) is 0 Å². The molecular weight excluding hydrogens is 558 g/mol. The fraction of sp³-hybridized carbons (Fsp3) is 0.400. The molecule has 1 aromatic heterocycles. The second-order valence-electron chi connectivity index (χ2n) is 10.8. The van der Waals surface area contributed by atoms with Crippen LogP contribution in [0.5, 0.6) is 0 Å². The maximum Gasteiger partial charge on any atom is 0.411 e. The highest BCUT2D eigenvalue weighted by Gasteiger charge is 2.53. The van der Waals surface area contributed by atoms with Gasteiger partial charge in [0.2, 0.25) is 5.91 Å². The zero-order chi connectivity index (χ0) is 28.4. The van der Waals surface area contributed by atoms with Crippen LogP contribution in [0.2, 0.25) is 0 Å². The fourth-order valence-corrected chi connectivity index (χ4v) is 7.54. The Kier molecular flexibility index (Phi) is 8.01. The molecule has 41 heavy (non-hydrogen) atoms. The molecule has 2 aromatic carbocycles. The van der Waals surface area contributed by atoms with E-state index in [-0.39, 0.29) is 18.4 Å². The maximum atomic E-state index is 13.6. The molecule has 1 unspecified atom stereocenters. The molecule has 0 radical (unpaired) electrons. The van der Waals surface area contributed by atoms with E-state index < -0.39 is 17.0 Å². The molecule has 3 amide bonds. The zero-order valence-electron chi connectivity index (χ0n) is 22.9. The van der Waals surface area contributed by atoms with Crippen LogP contribution in [0, 0.1) is 0 Å². The van der Waals surface area contributed by atoms with E-state index in [0.29, 0.717) is 28.2 Å². The van der Waals surface area contributed by atoms with Crippen molar-refractivity contribution in [1.29, 1.82) is 0 Å². The Labute approximate surface area is 247 Å². The fourth-order valence-electron chi connectivity index (χ4n) is 5.23. The molecule has 1 aliphatic carbocycles. The van der Waals surface area contributed by atoms with Crippen molar-refractivity contribution in [2.75, 3.05) is 31.2 Å². The highest BCUT2D eigenvalue weighted by molar-refractivity contribution is 8.01. The van der Waals surface area contributed by atoms with Crippen molar-refractivity contribution in [2.45, 2.75) is 49.2 Å². The number of carbonyl (C=O) groups is 3. The minimum absolute atomic E-state index is 0.0612. The number of rotatable bonds is 7. The lowest BCUT2D eigenvalue weighted by molar-refractivity contribution is -0.121. The smallest absolute Gasteiger partial charge is 0.411 e. The molecule has 3 fully saturated rings. The zero-order valence-corrected chi connectivity index (χ0v) is 24.5. The highest BCUT2D eigenvalue weighted by atomic mass is 32.2. The molecule has 2 N–H and O–H groups in total. The number of aromatic nitrogens is 1. The third-order valence-electron chi connectivity index (χ3n) is 7.82. The lowest BCUT2D eigenvalue weighted by Crippen LogP contribution is -2.57. The number of anilines is 1. The molecule has 1 atom stereocenters. The molecule has 3 aromatic rings. The number of likely N-dealkylation sites (tertiary alicyclic amines) is 1. The van der Waals surface area contributed by atoms with Gasteiger partial charge in [-0.2, -0.15) is 0 Å². The number of hydrogen-bond acceptors (Lipinski definition) is 8. The Hall–Kier alpha value is -3.41. The van der Waals surface area contributed by atoms with E-state index >= 15 is 0 Å². The van der Waals surface area contributed by atoms with Gasteiger partial charge in [-0.3, -0.25) is 14.5 Å². The van der Waals surface area contributed by atoms with Crippen LogP contribution < -0.4 is 10.6 Å². The lowest BCUT2D eigenvalue weighted by Gasteiger charge is -2.43. The van der Waals surface area contributed by atoms with E-state index in [0.717, 1.165) is 49.9 Å². The quantitative estimate of drug-likeness (QED) is 0.406. The number of thiazole rings is 1. The predicted molar refractivity (Wildman–Crippen MR) is 161 cm³/mol. The summed E-state index contributed by atoms with van der Waals surface area (Å²) in [7, 11) is 2.07. The van der Waals surface area contributed by atoms with Gasteiger partial charge >= 0.3 is 6.09 Å². The molecule has 9 nitrogen and oxygen atoms in total. The number of nitrogens with one attached hydrogen (secondary N) is 2. The van der Waals surface area contributed by atoms with Crippen LogP contribution >= 0.6 is 23.1 Å². The lowest BCUT2D eigenvalue weighted by atomic mass is 10.0. The first-order valence-corrected chi connectivity index (χ1v) is 15.8. The second-order valence-corrected chi connectivity index (χ2v) is 13.1. The van der Waals surface area contributed by atoms with Crippen molar-refractivity contribution in [2.24, 2.45) is 0 Å². The minimum Gasteiger partial charge on any atom is -0.444 e. The Morgan fingerprint density at radius 1 is 1.05 bits per heavy atom. The van der Waals surface area contributed by atoms with Crippen molar-refractivity contribution < 1.29 is 19.1 Å². The van der Waals surface area contributed by atoms with E-state index in [2.05, 4.69) is 27.6 Å². The van der Waals surface area contributed by atoms with Gasteiger partial charge in [0.1, 0.15) is 12.6 Å². The van der Waals surface area contributed by atoms with Gasteiger partial charge in [-0.15, -0.1) is 23.1 Å². The van der Waals surface area contributed by atoms with Gasteiger partial charge in [0, 0.05) is 41.4 Å². The number of carbonyl (C=O) groups excluding carboxylic acids is 3. The standard InChI is InChI=1S/C30H33N5O4S2/c1-34-15-13-30(14-16-34)35(29(38)39-17-20-5-3-2-4-6-20)25(19-41-30)27(37)33-28-32-24(18-40-28)21-7-9-22(10-8-21)26(36)31-23-11-12-23/h2-10,18,23,25H,11-17,19H2,1H3,(H,31,36)(H,32,33,37). The molecule has 0 bridgehead atoms. The second kappa shape index (κ2) is 11.8. The number of benzene rings is 2. The van der Waals surface area contributed by atoms with Crippen molar-refractivity contribution in [1.82, 2.24) is 20.1 Å². The summed E-state index contributed by atoms with van der Waals surface area (Å²) in [5.74, 6) is 0.172.